The van der Waals surface area contributed by atoms with Crippen molar-refractivity contribution in [1.82, 2.24) is 19.5 Å². The lowest BCUT2D eigenvalue weighted by molar-refractivity contribution is 0.731. The Bertz CT molecular complexity index is 1060. The second kappa shape index (κ2) is 6.06. The van der Waals surface area contributed by atoms with E-state index < -0.39 is 0 Å². The van der Waals surface area contributed by atoms with Gasteiger partial charge in [-0.3, -0.25) is 9.97 Å². The summed E-state index contributed by atoms with van der Waals surface area (Å²) in [5, 5.41) is 0. The molecule has 0 unspecified atom stereocenters. The van der Waals surface area contributed by atoms with Crippen LogP contribution in [0.4, 0.5) is 0 Å². The lowest BCUT2D eigenvalue weighted by Gasteiger charge is -2.13. The Morgan fingerprint density at radius 3 is 2.54 bits per heavy atom. The average molecular weight is 340 g/mol. The first-order valence-electron chi connectivity index (χ1n) is 9.12. The summed E-state index contributed by atoms with van der Waals surface area (Å²) >= 11 is 0. The highest BCUT2D eigenvalue weighted by Crippen LogP contribution is 2.42. The number of hydrogen-bond donors (Lipinski definition) is 0. The second-order valence-corrected chi connectivity index (χ2v) is 6.97. The number of benzene rings is 1. The van der Waals surface area contributed by atoms with Gasteiger partial charge in [0.05, 0.1) is 24.0 Å². The zero-order valence-electron chi connectivity index (χ0n) is 14.8. The standard InChI is InChI=1S/C22H20N4/c1-15-20(16-7-3-2-4-8-16)21-19(13-24-15)25-22(17-10-11-17)26(21)14-18-9-5-6-12-23-18/h2-9,12-13,17H,10-11,14H2,1H3. The summed E-state index contributed by atoms with van der Waals surface area (Å²) < 4.78 is 2.37. The monoisotopic (exact) mass is 340 g/mol. The van der Waals surface area contributed by atoms with Crippen LogP contribution in [0.5, 0.6) is 0 Å². The Hall–Kier alpha value is -3.01. The Labute approximate surface area is 152 Å². The third kappa shape index (κ3) is 2.58. The molecule has 1 aromatic carbocycles. The zero-order valence-corrected chi connectivity index (χ0v) is 14.8. The molecular formula is C22H20N4. The summed E-state index contributed by atoms with van der Waals surface area (Å²) in [7, 11) is 0. The minimum absolute atomic E-state index is 0.565. The molecule has 0 radical (unpaired) electrons. The lowest BCUT2D eigenvalue weighted by atomic mass is 10.0. The van der Waals surface area contributed by atoms with Crippen molar-refractivity contribution in [3.63, 3.8) is 0 Å². The third-order valence-corrected chi connectivity index (χ3v) is 5.05. The number of aryl methyl sites for hydroxylation is 1. The molecule has 5 rings (SSSR count). The first kappa shape index (κ1) is 15.3. The predicted octanol–water partition coefficient (Wildman–Crippen LogP) is 4.73. The maximum atomic E-state index is 4.97. The molecule has 0 atom stereocenters. The average Bonchev–Trinajstić information content (AvgIpc) is 3.47. The largest absolute Gasteiger partial charge is 0.321 e. The lowest BCUT2D eigenvalue weighted by Crippen LogP contribution is -2.07. The van der Waals surface area contributed by atoms with Crippen LogP contribution in [0.1, 0.15) is 36.0 Å². The minimum Gasteiger partial charge on any atom is -0.321 e. The van der Waals surface area contributed by atoms with Crippen LogP contribution in [0.2, 0.25) is 0 Å². The van der Waals surface area contributed by atoms with E-state index in [0.717, 1.165) is 23.4 Å². The van der Waals surface area contributed by atoms with Gasteiger partial charge in [0, 0.05) is 23.4 Å². The first-order valence-corrected chi connectivity index (χ1v) is 9.12. The summed E-state index contributed by atoms with van der Waals surface area (Å²) in [6.07, 6.45) is 6.21. The van der Waals surface area contributed by atoms with Crippen molar-refractivity contribution in [1.29, 1.82) is 0 Å². The highest BCUT2D eigenvalue weighted by Gasteiger charge is 2.31. The SMILES string of the molecule is Cc1ncc2nc(C3CC3)n(Cc3ccccn3)c2c1-c1ccccc1. The summed E-state index contributed by atoms with van der Waals surface area (Å²) in [4.78, 5) is 14.1. The third-order valence-electron chi connectivity index (χ3n) is 5.05. The van der Waals surface area contributed by atoms with Gasteiger partial charge >= 0.3 is 0 Å². The summed E-state index contributed by atoms with van der Waals surface area (Å²) in [5.41, 5.74) is 6.62. The molecule has 0 amide bonds. The van der Waals surface area contributed by atoms with Gasteiger partial charge in [0.15, 0.2) is 0 Å². The number of hydrogen-bond acceptors (Lipinski definition) is 3. The van der Waals surface area contributed by atoms with Gasteiger partial charge in [-0.25, -0.2) is 4.98 Å². The van der Waals surface area contributed by atoms with Crippen molar-refractivity contribution in [3.05, 3.63) is 78.1 Å². The van der Waals surface area contributed by atoms with Crippen molar-refractivity contribution in [2.24, 2.45) is 0 Å². The van der Waals surface area contributed by atoms with Gasteiger partial charge in [-0.15, -0.1) is 0 Å². The Balaban J connectivity index is 1.78. The molecule has 4 aromatic rings. The Morgan fingerprint density at radius 1 is 1.00 bits per heavy atom. The van der Waals surface area contributed by atoms with Crippen molar-refractivity contribution in [2.75, 3.05) is 0 Å². The van der Waals surface area contributed by atoms with E-state index >= 15 is 0 Å². The van der Waals surface area contributed by atoms with Crippen LogP contribution in [-0.4, -0.2) is 19.5 Å². The van der Waals surface area contributed by atoms with E-state index in [0.29, 0.717) is 5.92 Å². The maximum Gasteiger partial charge on any atom is 0.113 e. The van der Waals surface area contributed by atoms with Crippen LogP contribution >= 0.6 is 0 Å². The molecule has 0 spiro atoms. The molecule has 0 saturated heterocycles. The molecule has 3 aromatic heterocycles. The highest BCUT2D eigenvalue weighted by molar-refractivity contribution is 5.93. The van der Waals surface area contributed by atoms with E-state index in [1.165, 1.54) is 35.3 Å². The van der Waals surface area contributed by atoms with E-state index in [2.05, 4.69) is 51.8 Å². The fourth-order valence-corrected chi connectivity index (χ4v) is 3.65. The van der Waals surface area contributed by atoms with E-state index in [1.807, 2.05) is 30.6 Å². The smallest absolute Gasteiger partial charge is 0.113 e. The summed E-state index contributed by atoms with van der Waals surface area (Å²) in [6.45, 7) is 2.82. The quantitative estimate of drug-likeness (QED) is 0.539. The van der Waals surface area contributed by atoms with Crippen molar-refractivity contribution < 1.29 is 0 Å². The number of aromatic nitrogens is 4. The molecule has 1 fully saturated rings. The molecule has 3 heterocycles. The van der Waals surface area contributed by atoms with Gasteiger partial charge in [-0.05, 0) is 37.5 Å². The van der Waals surface area contributed by atoms with Crippen molar-refractivity contribution in [3.8, 4) is 11.1 Å². The van der Waals surface area contributed by atoms with E-state index in [4.69, 9.17) is 4.98 Å². The van der Waals surface area contributed by atoms with Gasteiger partial charge in [0.2, 0.25) is 0 Å². The van der Waals surface area contributed by atoms with E-state index in [1.54, 1.807) is 0 Å². The first-order chi connectivity index (χ1) is 12.8. The number of nitrogens with zero attached hydrogens (tertiary/aromatic N) is 4. The fourth-order valence-electron chi connectivity index (χ4n) is 3.65. The summed E-state index contributed by atoms with van der Waals surface area (Å²) in [5.74, 6) is 1.74. The van der Waals surface area contributed by atoms with E-state index in [-0.39, 0.29) is 0 Å². The Morgan fingerprint density at radius 2 is 1.81 bits per heavy atom. The molecule has 4 heteroatoms. The summed E-state index contributed by atoms with van der Waals surface area (Å²) in [6, 6.07) is 16.6. The van der Waals surface area contributed by atoms with E-state index in [9.17, 15) is 0 Å². The van der Waals surface area contributed by atoms with Crippen molar-refractivity contribution >= 4 is 11.0 Å². The van der Waals surface area contributed by atoms with Crippen LogP contribution < -0.4 is 0 Å². The molecule has 4 nitrogen and oxygen atoms in total. The fraction of sp³-hybridized carbons (Fsp3) is 0.227. The number of fused-ring (bicyclic) bond motifs is 1. The molecular weight excluding hydrogens is 320 g/mol. The molecule has 1 aliphatic rings. The number of pyridine rings is 2. The molecule has 26 heavy (non-hydrogen) atoms. The van der Waals surface area contributed by atoms with Gasteiger partial charge in [0.25, 0.3) is 0 Å². The molecule has 0 aliphatic heterocycles. The van der Waals surface area contributed by atoms with Crippen LogP contribution in [0.25, 0.3) is 22.2 Å². The van der Waals surface area contributed by atoms with Gasteiger partial charge in [-0.1, -0.05) is 36.4 Å². The molecule has 0 N–H and O–H groups in total. The van der Waals surface area contributed by atoms with Gasteiger partial charge in [-0.2, -0.15) is 0 Å². The minimum atomic E-state index is 0.565. The highest BCUT2D eigenvalue weighted by atomic mass is 15.1. The molecule has 1 aliphatic carbocycles. The number of imidazole rings is 1. The molecule has 128 valence electrons. The Kier molecular flexibility index (Phi) is 3.56. The maximum absolute atomic E-state index is 4.97. The van der Waals surface area contributed by atoms with Gasteiger partial charge in [0.1, 0.15) is 11.3 Å². The molecule has 0 bridgehead atoms. The predicted molar refractivity (Wildman–Crippen MR) is 103 cm³/mol. The van der Waals surface area contributed by atoms with Crippen LogP contribution in [0, 0.1) is 6.92 Å². The number of rotatable bonds is 4. The topological polar surface area (TPSA) is 43.6 Å². The normalized spacial score (nSPS) is 14.0. The molecule has 1 saturated carbocycles. The van der Waals surface area contributed by atoms with Gasteiger partial charge < -0.3 is 4.57 Å². The zero-order chi connectivity index (χ0) is 17.5. The van der Waals surface area contributed by atoms with Crippen LogP contribution in [0.3, 0.4) is 0 Å². The second-order valence-electron chi connectivity index (χ2n) is 6.97. The van der Waals surface area contributed by atoms with Crippen molar-refractivity contribution in [2.45, 2.75) is 32.2 Å². The van der Waals surface area contributed by atoms with Crippen LogP contribution in [-0.2, 0) is 6.54 Å². The van der Waals surface area contributed by atoms with Crippen LogP contribution in [0.15, 0.2) is 60.9 Å².